The molecule has 3 heteroatoms. The van der Waals surface area contributed by atoms with Gasteiger partial charge in [0.2, 0.25) is 5.91 Å². The SMILES string of the molecule is O=C1CC(c2ccccc2)C(=NCc2ccccc2)N1. The van der Waals surface area contributed by atoms with E-state index in [2.05, 4.69) is 10.3 Å². The third-order valence-electron chi connectivity index (χ3n) is 3.46. The van der Waals surface area contributed by atoms with Crippen molar-refractivity contribution in [2.24, 2.45) is 4.99 Å². The van der Waals surface area contributed by atoms with Crippen LogP contribution in [0.25, 0.3) is 0 Å². The van der Waals surface area contributed by atoms with Crippen LogP contribution in [0, 0.1) is 0 Å². The van der Waals surface area contributed by atoms with E-state index in [1.807, 2.05) is 60.7 Å². The molecule has 1 fully saturated rings. The summed E-state index contributed by atoms with van der Waals surface area (Å²) in [6, 6.07) is 20.1. The van der Waals surface area contributed by atoms with Gasteiger partial charge in [-0.05, 0) is 11.1 Å². The van der Waals surface area contributed by atoms with Gasteiger partial charge in [-0.1, -0.05) is 60.7 Å². The second-order valence-corrected chi connectivity index (χ2v) is 4.90. The van der Waals surface area contributed by atoms with Crippen molar-refractivity contribution in [2.45, 2.75) is 18.9 Å². The van der Waals surface area contributed by atoms with E-state index in [0.717, 1.165) is 17.0 Å². The first-order valence-electron chi connectivity index (χ1n) is 6.76. The zero-order valence-electron chi connectivity index (χ0n) is 11.1. The third-order valence-corrected chi connectivity index (χ3v) is 3.46. The largest absolute Gasteiger partial charge is 0.314 e. The molecule has 0 bridgehead atoms. The summed E-state index contributed by atoms with van der Waals surface area (Å²) < 4.78 is 0. The number of carbonyl (C=O) groups is 1. The first kappa shape index (κ1) is 12.6. The van der Waals surface area contributed by atoms with E-state index in [0.29, 0.717) is 13.0 Å². The molecule has 1 amide bonds. The molecular weight excluding hydrogens is 248 g/mol. The summed E-state index contributed by atoms with van der Waals surface area (Å²) in [5.41, 5.74) is 2.28. The number of carbonyl (C=O) groups excluding carboxylic acids is 1. The molecule has 1 unspecified atom stereocenters. The van der Waals surface area contributed by atoms with Crippen molar-refractivity contribution in [1.29, 1.82) is 0 Å². The summed E-state index contributed by atoms with van der Waals surface area (Å²) in [6.45, 7) is 0.597. The van der Waals surface area contributed by atoms with Crippen LogP contribution in [0.2, 0.25) is 0 Å². The van der Waals surface area contributed by atoms with Crippen LogP contribution < -0.4 is 5.32 Å². The van der Waals surface area contributed by atoms with Gasteiger partial charge < -0.3 is 5.32 Å². The van der Waals surface area contributed by atoms with E-state index < -0.39 is 0 Å². The van der Waals surface area contributed by atoms with Crippen molar-refractivity contribution in [1.82, 2.24) is 5.32 Å². The van der Waals surface area contributed by atoms with Gasteiger partial charge in [-0.25, -0.2) is 0 Å². The standard InChI is InChI=1S/C17H16N2O/c20-16-11-15(14-9-5-2-6-10-14)17(19-16)18-12-13-7-3-1-4-8-13/h1-10,15H,11-12H2,(H,18,19,20). The number of amides is 1. The van der Waals surface area contributed by atoms with Crippen molar-refractivity contribution in [3.8, 4) is 0 Å². The number of amidine groups is 1. The molecule has 0 saturated carbocycles. The van der Waals surface area contributed by atoms with Gasteiger partial charge in [0.1, 0.15) is 5.84 Å². The van der Waals surface area contributed by atoms with Gasteiger partial charge in [-0.3, -0.25) is 9.79 Å². The van der Waals surface area contributed by atoms with Gasteiger partial charge >= 0.3 is 0 Å². The summed E-state index contributed by atoms with van der Waals surface area (Å²) in [4.78, 5) is 16.2. The molecule has 0 spiro atoms. The molecule has 100 valence electrons. The molecule has 3 rings (SSSR count). The molecule has 20 heavy (non-hydrogen) atoms. The molecule has 0 aromatic heterocycles. The Morgan fingerprint density at radius 2 is 1.65 bits per heavy atom. The lowest BCUT2D eigenvalue weighted by Crippen LogP contribution is -2.22. The second kappa shape index (κ2) is 5.70. The van der Waals surface area contributed by atoms with Crippen molar-refractivity contribution < 1.29 is 4.79 Å². The number of hydrogen-bond donors (Lipinski definition) is 1. The van der Waals surface area contributed by atoms with Gasteiger partial charge in [0.15, 0.2) is 0 Å². The Morgan fingerprint density at radius 1 is 1.00 bits per heavy atom. The molecular formula is C17H16N2O. The van der Waals surface area contributed by atoms with Gasteiger partial charge in [-0.2, -0.15) is 0 Å². The van der Waals surface area contributed by atoms with Crippen molar-refractivity contribution >= 4 is 11.7 Å². The van der Waals surface area contributed by atoms with Crippen molar-refractivity contribution in [3.63, 3.8) is 0 Å². The monoisotopic (exact) mass is 264 g/mol. The lowest BCUT2D eigenvalue weighted by Gasteiger charge is -2.09. The fourth-order valence-corrected chi connectivity index (χ4v) is 2.43. The topological polar surface area (TPSA) is 41.5 Å². The summed E-state index contributed by atoms with van der Waals surface area (Å²) in [5.74, 6) is 0.892. The molecule has 0 aliphatic carbocycles. The highest BCUT2D eigenvalue weighted by Gasteiger charge is 2.29. The smallest absolute Gasteiger partial charge is 0.226 e. The Morgan fingerprint density at radius 3 is 2.35 bits per heavy atom. The van der Waals surface area contributed by atoms with Crippen molar-refractivity contribution in [2.75, 3.05) is 0 Å². The Kier molecular flexibility index (Phi) is 3.59. The minimum absolute atomic E-state index is 0.0469. The molecule has 1 heterocycles. The van der Waals surface area contributed by atoms with Crippen LogP contribution in [0.5, 0.6) is 0 Å². The first-order valence-corrected chi connectivity index (χ1v) is 6.76. The molecule has 3 nitrogen and oxygen atoms in total. The van der Waals surface area contributed by atoms with E-state index in [1.54, 1.807) is 0 Å². The third kappa shape index (κ3) is 2.77. The van der Waals surface area contributed by atoms with Gasteiger partial charge in [0.25, 0.3) is 0 Å². The minimum Gasteiger partial charge on any atom is -0.314 e. The lowest BCUT2D eigenvalue weighted by molar-refractivity contribution is -0.118. The summed E-state index contributed by atoms with van der Waals surface area (Å²) in [7, 11) is 0. The second-order valence-electron chi connectivity index (χ2n) is 4.90. The van der Waals surface area contributed by atoms with Crippen LogP contribution in [0.4, 0.5) is 0 Å². The number of benzene rings is 2. The molecule has 1 saturated heterocycles. The molecule has 2 aromatic carbocycles. The average Bonchev–Trinajstić information content (AvgIpc) is 2.88. The fraction of sp³-hybridized carbons (Fsp3) is 0.176. The van der Waals surface area contributed by atoms with Crippen LogP contribution in [0.1, 0.15) is 23.5 Å². The van der Waals surface area contributed by atoms with E-state index in [-0.39, 0.29) is 11.8 Å². The molecule has 1 atom stereocenters. The molecule has 1 aliphatic heterocycles. The summed E-state index contributed by atoms with van der Waals surface area (Å²) >= 11 is 0. The van der Waals surface area contributed by atoms with Crippen LogP contribution in [-0.4, -0.2) is 11.7 Å². The first-order chi connectivity index (χ1) is 9.83. The highest BCUT2D eigenvalue weighted by Crippen LogP contribution is 2.25. The lowest BCUT2D eigenvalue weighted by atomic mass is 9.97. The van der Waals surface area contributed by atoms with E-state index in [1.165, 1.54) is 0 Å². The van der Waals surface area contributed by atoms with Crippen LogP contribution in [-0.2, 0) is 11.3 Å². The average molecular weight is 264 g/mol. The maximum atomic E-state index is 11.7. The Bertz CT molecular complexity index is 620. The molecule has 1 N–H and O–H groups in total. The maximum absolute atomic E-state index is 11.7. The van der Waals surface area contributed by atoms with Crippen molar-refractivity contribution in [3.05, 3.63) is 71.8 Å². The zero-order chi connectivity index (χ0) is 13.8. The molecule has 0 radical (unpaired) electrons. The molecule has 2 aromatic rings. The molecule has 1 aliphatic rings. The number of nitrogens with one attached hydrogen (secondary N) is 1. The van der Waals surface area contributed by atoms with E-state index >= 15 is 0 Å². The number of rotatable bonds is 3. The van der Waals surface area contributed by atoms with E-state index in [9.17, 15) is 4.79 Å². The van der Waals surface area contributed by atoms with Crippen LogP contribution >= 0.6 is 0 Å². The maximum Gasteiger partial charge on any atom is 0.226 e. The zero-order valence-corrected chi connectivity index (χ0v) is 11.1. The van der Waals surface area contributed by atoms with E-state index in [4.69, 9.17) is 0 Å². The highest BCUT2D eigenvalue weighted by molar-refractivity contribution is 6.08. The minimum atomic E-state index is 0.0469. The number of nitrogens with zero attached hydrogens (tertiary/aromatic N) is 1. The number of hydrogen-bond acceptors (Lipinski definition) is 2. The fourth-order valence-electron chi connectivity index (χ4n) is 2.43. The Hall–Kier alpha value is -2.42. The highest BCUT2D eigenvalue weighted by atomic mass is 16.2. The normalized spacial score (nSPS) is 20.1. The van der Waals surface area contributed by atoms with Gasteiger partial charge in [-0.15, -0.1) is 0 Å². The predicted molar refractivity (Wildman–Crippen MR) is 79.5 cm³/mol. The Labute approximate surface area is 118 Å². The summed E-state index contributed by atoms with van der Waals surface area (Å²) in [6.07, 6.45) is 0.484. The van der Waals surface area contributed by atoms with Gasteiger partial charge in [0.05, 0.1) is 12.5 Å². The predicted octanol–water partition coefficient (Wildman–Crippen LogP) is 2.89. The van der Waals surface area contributed by atoms with Gasteiger partial charge in [0, 0.05) is 6.42 Å². The summed E-state index contributed by atoms with van der Waals surface area (Å²) in [5, 5.41) is 2.88. The van der Waals surface area contributed by atoms with Crippen LogP contribution in [0.15, 0.2) is 65.7 Å². The van der Waals surface area contributed by atoms with Crippen LogP contribution in [0.3, 0.4) is 0 Å². The number of aliphatic imine (C=N–C) groups is 1. The Balaban J connectivity index is 1.82. The quantitative estimate of drug-likeness (QED) is 0.910.